The second-order valence-electron chi connectivity index (χ2n) is 7.79. The van der Waals surface area contributed by atoms with Gasteiger partial charge in [-0.05, 0) is 42.5 Å². The minimum Gasteiger partial charge on any atom is -0.341 e. The molecule has 140 valence electrons. The summed E-state index contributed by atoms with van der Waals surface area (Å²) in [6, 6.07) is 15.1. The van der Waals surface area contributed by atoms with Crippen LogP contribution in [-0.2, 0) is 5.41 Å². The summed E-state index contributed by atoms with van der Waals surface area (Å²) in [7, 11) is 0. The van der Waals surface area contributed by atoms with Crippen LogP contribution >= 0.6 is 0 Å². The summed E-state index contributed by atoms with van der Waals surface area (Å²) >= 11 is 0. The van der Waals surface area contributed by atoms with Crippen LogP contribution in [0.1, 0.15) is 61.1 Å². The van der Waals surface area contributed by atoms with E-state index in [0.717, 1.165) is 11.1 Å². The van der Waals surface area contributed by atoms with Crippen LogP contribution in [0.25, 0.3) is 11.4 Å². The van der Waals surface area contributed by atoms with Gasteiger partial charge in [0.25, 0.3) is 5.91 Å². The average Bonchev–Trinajstić information content (AvgIpc) is 3.11. The maximum Gasteiger partial charge on any atom is 0.251 e. The van der Waals surface area contributed by atoms with Crippen LogP contribution in [0.4, 0.5) is 0 Å². The number of aryl methyl sites for hydroxylation is 1. The maximum atomic E-state index is 12.5. The van der Waals surface area contributed by atoms with Gasteiger partial charge in [0.1, 0.15) is 6.04 Å². The minimum absolute atomic E-state index is 0.0536. The number of hydrogen-bond donors (Lipinski definition) is 1. The molecule has 0 radical (unpaired) electrons. The summed E-state index contributed by atoms with van der Waals surface area (Å²) < 4.78 is 5.36. The van der Waals surface area contributed by atoms with Gasteiger partial charge in [-0.25, -0.2) is 0 Å². The van der Waals surface area contributed by atoms with Crippen molar-refractivity contribution in [3.05, 3.63) is 71.1 Å². The van der Waals surface area contributed by atoms with Crippen molar-refractivity contribution in [3.8, 4) is 11.4 Å². The lowest BCUT2D eigenvalue weighted by molar-refractivity contribution is 0.0932. The molecule has 2 aromatic carbocycles. The fraction of sp³-hybridized carbons (Fsp3) is 0.318. The molecule has 1 amide bonds. The third-order valence-corrected chi connectivity index (χ3v) is 4.56. The maximum absolute atomic E-state index is 12.5. The Labute approximate surface area is 159 Å². The highest BCUT2D eigenvalue weighted by Gasteiger charge is 2.19. The van der Waals surface area contributed by atoms with Crippen LogP contribution in [-0.4, -0.2) is 16.0 Å². The van der Waals surface area contributed by atoms with Crippen molar-refractivity contribution >= 4 is 5.91 Å². The summed E-state index contributed by atoms with van der Waals surface area (Å²) in [6.45, 7) is 10.3. The van der Waals surface area contributed by atoms with Gasteiger partial charge in [0.15, 0.2) is 0 Å². The van der Waals surface area contributed by atoms with E-state index in [-0.39, 0.29) is 17.4 Å². The minimum atomic E-state index is -0.384. The zero-order valence-electron chi connectivity index (χ0n) is 16.4. The monoisotopic (exact) mass is 363 g/mol. The Bertz CT molecular complexity index is 937. The molecule has 0 saturated heterocycles. The van der Waals surface area contributed by atoms with E-state index in [2.05, 4.69) is 36.2 Å². The molecule has 0 fully saturated rings. The van der Waals surface area contributed by atoms with E-state index in [4.69, 9.17) is 4.52 Å². The summed E-state index contributed by atoms with van der Waals surface area (Å²) in [5.41, 5.74) is 3.84. The quantitative estimate of drug-likeness (QED) is 0.720. The van der Waals surface area contributed by atoms with Gasteiger partial charge in [-0.2, -0.15) is 4.98 Å². The van der Waals surface area contributed by atoms with Crippen molar-refractivity contribution in [1.82, 2.24) is 15.5 Å². The lowest BCUT2D eigenvalue weighted by Gasteiger charge is -2.19. The third kappa shape index (κ3) is 4.25. The van der Waals surface area contributed by atoms with Crippen molar-refractivity contribution in [3.63, 3.8) is 0 Å². The van der Waals surface area contributed by atoms with Crippen molar-refractivity contribution in [2.45, 2.75) is 46.1 Å². The van der Waals surface area contributed by atoms with E-state index in [9.17, 15) is 4.79 Å². The van der Waals surface area contributed by atoms with Gasteiger partial charge >= 0.3 is 0 Å². The van der Waals surface area contributed by atoms with Gasteiger partial charge in [-0.15, -0.1) is 0 Å². The van der Waals surface area contributed by atoms with E-state index < -0.39 is 0 Å². The summed E-state index contributed by atoms with van der Waals surface area (Å²) in [4.78, 5) is 17.0. The van der Waals surface area contributed by atoms with E-state index in [1.807, 2.05) is 62.4 Å². The number of carbonyl (C=O) groups is 1. The van der Waals surface area contributed by atoms with Crippen molar-refractivity contribution < 1.29 is 9.32 Å². The van der Waals surface area contributed by atoms with Gasteiger partial charge in [0.2, 0.25) is 11.7 Å². The fourth-order valence-corrected chi connectivity index (χ4v) is 2.81. The van der Waals surface area contributed by atoms with Gasteiger partial charge in [0.05, 0.1) is 0 Å². The molecule has 1 atom stereocenters. The highest BCUT2D eigenvalue weighted by molar-refractivity contribution is 5.94. The first-order chi connectivity index (χ1) is 12.8. The number of carbonyl (C=O) groups excluding carboxylic acids is 1. The van der Waals surface area contributed by atoms with Gasteiger partial charge < -0.3 is 9.84 Å². The smallest absolute Gasteiger partial charge is 0.251 e. The first-order valence-electron chi connectivity index (χ1n) is 9.07. The summed E-state index contributed by atoms with van der Waals surface area (Å²) in [5, 5.41) is 6.96. The molecular weight excluding hydrogens is 338 g/mol. The third-order valence-electron chi connectivity index (χ3n) is 4.56. The zero-order valence-corrected chi connectivity index (χ0v) is 16.4. The predicted molar refractivity (Wildman–Crippen MR) is 105 cm³/mol. The molecule has 1 N–H and O–H groups in total. The Morgan fingerprint density at radius 3 is 2.37 bits per heavy atom. The predicted octanol–water partition coefficient (Wildman–Crippen LogP) is 4.83. The average molecular weight is 363 g/mol. The molecule has 1 aromatic heterocycles. The molecule has 0 aliphatic rings. The standard InChI is InChI=1S/C22H25N3O2/c1-14-8-6-7-9-18(14)19-24-21(27-25-19)15(2)23-20(26)16-10-12-17(13-11-16)22(3,4)5/h6-13,15H,1-5H3,(H,23,26)/t15-/m1/s1. The molecule has 0 spiro atoms. The molecule has 1 heterocycles. The Morgan fingerprint density at radius 2 is 1.74 bits per heavy atom. The van der Waals surface area contributed by atoms with E-state index in [1.54, 1.807) is 0 Å². The molecular formula is C22H25N3O2. The number of aromatic nitrogens is 2. The molecule has 0 bridgehead atoms. The Balaban J connectivity index is 1.71. The topological polar surface area (TPSA) is 68.0 Å². The fourth-order valence-electron chi connectivity index (χ4n) is 2.81. The van der Waals surface area contributed by atoms with Crippen LogP contribution < -0.4 is 5.32 Å². The lowest BCUT2D eigenvalue weighted by Crippen LogP contribution is -2.27. The molecule has 3 aromatic rings. The molecule has 5 nitrogen and oxygen atoms in total. The van der Waals surface area contributed by atoms with Gasteiger partial charge in [-0.1, -0.05) is 62.3 Å². The molecule has 0 unspecified atom stereocenters. The first-order valence-corrected chi connectivity index (χ1v) is 9.07. The normalized spacial score (nSPS) is 12.6. The number of hydrogen-bond acceptors (Lipinski definition) is 4. The van der Waals surface area contributed by atoms with E-state index >= 15 is 0 Å². The molecule has 5 heteroatoms. The van der Waals surface area contributed by atoms with Crippen LogP contribution in [0.2, 0.25) is 0 Å². The van der Waals surface area contributed by atoms with E-state index in [0.29, 0.717) is 17.3 Å². The van der Waals surface area contributed by atoms with E-state index in [1.165, 1.54) is 5.56 Å². The molecule has 0 aliphatic heterocycles. The number of rotatable bonds is 4. The highest BCUT2D eigenvalue weighted by atomic mass is 16.5. The van der Waals surface area contributed by atoms with Gasteiger partial charge in [0, 0.05) is 11.1 Å². The van der Waals surface area contributed by atoms with Crippen molar-refractivity contribution in [2.75, 3.05) is 0 Å². The van der Waals surface area contributed by atoms with Crippen LogP contribution in [0.15, 0.2) is 53.1 Å². The number of nitrogens with zero attached hydrogens (tertiary/aromatic N) is 2. The number of amides is 1. The highest BCUT2D eigenvalue weighted by Crippen LogP contribution is 2.23. The zero-order chi connectivity index (χ0) is 19.6. The molecule has 3 rings (SSSR count). The Morgan fingerprint density at radius 1 is 1.07 bits per heavy atom. The number of nitrogens with one attached hydrogen (secondary N) is 1. The molecule has 0 saturated carbocycles. The second-order valence-corrected chi connectivity index (χ2v) is 7.79. The molecule has 0 aliphatic carbocycles. The SMILES string of the molecule is Cc1ccccc1-c1noc([C@@H](C)NC(=O)c2ccc(C(C)(C)C)cc2)n1. The Hall–Kier alpha value is -2.95. The first kappa shape index (κ1) is 18.8. The van der Waals surface area contributed by atoms with Crippen molar-refractivity contribution in [2.24, 2.45) is 0 Å². The number of benzene rings is 2. The largest absolute Gasteiger partial charge is 0.341 e. The second kappa shape index (κ2) is 7.35. The van der Waals surface area contributed by atoms with Crippen LogP contribution in [0.3, 0.4) is 0 Å². The van der Waals surface area contributed by atoms with Gasteiger partial charge in [-0.3, -0.25) is 4.79 Å². The van der Waals surface area contributed by atoms with Crippen LogP contribution in [0.5, 0.6) is 0 Å². The summed E-state index contributed by atoms with van der Waals surface area (Å²) in [5.74, 6) is 0.741. The molecule has 27 heavy (non-hydrogen) atoms. The van der Waals surface area contributed by atoms with Crippen LogP contribution in [0, 0.1) is 6.92 Å². The summed E-state index contributed by atoms with van der Waals surface area (Å²) in [6.07, 6.45) is 0. The Kier molecular flexibility index (Phi) is 5.13. The lowest BCUT2D eigenvalue weighted by atomic mass is 9.86. The van der Waals surface area contributed by atoms with Crippen molar-refractivity contribution in [1.29, 1.82) is 0 Å².